The molecule has 0 radical (unpaired) electrons. The zero-order chi connectivity index (χ0) is 22.1. The minimum absolute atomic E-state index is 0.0577. The van der Waals surface area contributed by atoms with Gasteiger partial charge in [-0.2, -0.15) is 0 Å². The molecule has 2 aromatic rings. The van der Waals surface area contributed by atoms with E-state index in [4.69, 9.17) is 18.6 Å². The van der Waals surface area contributed by atoms with Crippen molar-refractivity contribution in [1.29, 1.82) is 0 Å². The normalized spacial score (nSPS) is 10.6. The van der Waals surface area contributed by atoms with E-state index < -0.39 is 30.4 Å². The Morgan fingerprint density at radius 3 is 2.43 bits per heavy atom. The third-order valence-corrected chi connectivity index (χ3v) is 4.80. The van der Waals surface area contributed by atoms with Gasteiger partial charge in [0.25, 0.3) is 5.91 Å². The van der Waals surface area contributed by atoms with Crippen LogP contribution in [0.1, 0.15) is 45.2 Å². The summed E-state index contributed by atoms with van der Waals surface area (Å²) in [7, 11) is 0. The molecular formula is C20H21NO8S. The van der Waals surface area contributed by atoms with E-state index in [0.29, 0.717) is 11.3 Å². The minimum Gasteiger partial charge on any atom is -0.465 e. The van der Waals surface area contributed by atoms with Crippen molar-refractivity contribution in [3.05, 3.63) is 46.2 Å². The fraction of sp³-hybridized carbons (Fsp3) is 0.300. The van der Waals surface area contributed by atoms with Crippen molar-refractivity contribution in [3.8, 4) is 0 Å². The second kappa shape index (κ2) is 11.0. The van der Waals surface area contributed by atoms with Crippen LogP contribution in [0, 0.1) is 6.92 Å². The molecule has 0 bridgehead atoms. The molecular weight excluding hydrogens is 414 g/mol. The van der Waals surface area contributed by atoms with Crippen LogP contribution in [-0.2, 0) is 23.8 Å². The van der Waals surface area contributed by atoms with Crippen molar-refractivity contribution in [2.75, 3.05) is 25.1 Å². The van der Waals surface area contributed by atoms with Crippen molar-refractivity contribution in [3.63, 3.8) is 0 Å². The Hall–Kier alpha value is -3.40. The van der Waals surface area contributed by atoms with Gasteiger partial charge in [-0.15, -0.1) is 11.3 Å². The fourth-order valence-corrected chi connectivity index (χ4v) is 3.43. The summed E-state index contributed by atoms with van der Waals surface area (Å²) in [4.78, 5) is 48.5. The molecule has 0 saturated carbocycles. The van der Waals surface area contributed by atoms with Gasteiger partial charge in [-0.25, -0.2) is 14.4 Å². The van der Waals surface area contributed by atoms with Crippen molar-refractivity contribution in [2.45, 2.75) is 20.8 Å². The molecule has 2 rings (SSSR count). The Morgan fingerprint density at radius 1 is 1.10 bits per heavy atom. The zero-order valence-corrected chi connectivity index (χ0v) is 17.5. The van der Waals surface area contributed by atoms with E-state index in [1.807, 2.05) is 0 Å². The lowest BCUT2D eigenvalue weighted by Crippen LogP contribution is -2.21. The van der Waals surface area contributed by atoms with Gasteiger partial charge >= 0.3 is 17.9 Å². The Kier molecular flexibility index (Phi) is 8.36. The molecule has 1 amide bonds. The molecule has 0 atom stereocenters. The molecule has 2 aromatic heterocycles. The van der Waals surface area contributed by atoms with Crippen LogP contribution in [0.5, 0.6) is 0 Å². The molecule has 0 unspecified atom stereocenters. The van der Waals surface area contributed by atoms with Crippen LogP contribution in [0.2, 0.25) is 0 Å². The lowest BCUT2D eigenvalue weighted by molar-refractivity contribution is -0.142. The Morgan fingerprint density at radius 2 is 1.80 bits per heavy atom. The molecule has 2 heterocycles. The van der Waals surface area contributed by atoms with Crippen LogP contribution in [-0.4, -0.2) is 43.6 Å². The number of hydrogen-bond acceptors (Lipinski definition) is 9. The number of furan rings is 1. The Labute approximate surface area is 176 Å². The smallest absolute Gasteiger partial charge is 0.348 e. The molecule has 0 fully saturated rings. The predicted molar refractivity (Wildman–Crippen MR) is 108 cm³/mol. The van der Waals surface area contributed by atoms with Crippen LogP contribution in [0.25, 0.3) is 6.08 Å². The second-order valence-electron chi connectivity index (χ2n) is 5.71. The third kappa shape index (κ3) is 6.05. The van der Waals surface area contributed by atoms with Crippen LogP contribution < -0.4 is 5.32 Å². The summed E-state index contributed by atoms with van der Waals surface area (Å²) in [5.41, 5.74) is 0.396. The van der Waals surface area contributed by atoms with Gasteiger partial charge in [0.1, 0.15) is 15.6 Å². The molecule has 0 aliphatic carbocycles. The average Bonchev–Trinajstić information content (AvgIpc) is 3.33. The maximum Gasteiger partial charge on any atom is 0.348 e. The van der Waals surface area contributed by atoms with Crippen LogP contribution in [0.4, 0.5) is 5.00 Å². The Bertz CT molecular complexity index is 942. The van der Waals surface area contributed by atoms with Crippen LogP contribution in [0.15, 0.2) is 28.9 Å². The number of nitrogens with one attached hydrogen (secondary N) is 1. The molecule has 0 spiro atoms. The van der Waals surface area contributed by atoms with Gasteiger partial charge in [0.05, 0.1) is 25.0 Å². The summed E-state index contributed by atoms with van der Waals surface area (Å²) in [5, 5.41) is 2.60. The molecule has 10 heteroatoms. The number of rotatable bonds is 9. The summed E-state index contributed by atoms with van der Waals surface area (Å²) >= 11 is 0.885. The molecule has 0 saturated heterocycles. The van der Waals surface area contributed by atoms with E-state index in [1.54, 1.807) is 32.9 Å². The monoisotopic (exact) mass is 435 g/mol. The topological polar surface area (TPSA) is 121 Å². The number of amides is 1. The average molecular weight is 435 g/mol. The third-order valence-electron chi connectivity index (χ3n) is 3.61. The summed E-state index contributed by atoms with van der Waals surface area (Å²) in [6.45, 7) is 4.55. The largest absolute Gasteiger partial charge is 0.465 e. The van der Waals surface area contributed by atoms with E-state index in [-0.39, 0.29) is 28.7 Å². The van der Waals surface area contributed by atoms with E-state index in [0.717, 1.165) is 17.4 Å². The van der Waals surface area contributed by atoms with E-state index in [9.17, 15) is 19.2 Å². The van der Waals surface area contributed by atoms with Crippen LogP contribution in [0.3, 0.4) is 0 Å². The van der Waals surface area contributed by atoms with Crippen molar-refractivity contribution >= 4 is 46.2 Å². The van der Waals surface area contributed by atoms with Crippen LogP contribution >= 0.6 is 11.3 Å². The SMILES string of the molecule is CCOC(=O)c1sc(NC(=O)COC(=O)C=Cc2ccco2)c(C(=O)OCC)c1C. The quantitative estimate of drug-likeness (QED) is 0.362. The maximum atomic E-state index is 12.3. The summed E-state index contributed by atoms with van der Waals surface area (Å²) < 4.78 is 19.9. The standard InChI is InChI=1S/C20H21NO8S/c1-4-26-19(24)16-12(3)17(20(25)27-5-2)30-18(16)21-14(22)11-29-15(23)9-8-13-7-6-10-28-13/h6-10H,4-5,11H2,1-3H3,(H,21,22). The number of ether oxygens (including phenoxy) is 3. The van der Waals surface area contributed by atoms with Gasteiger partial charge in [-0.1, -0.05) is 0 Å². The molecule has 0 aliphatic rings. The maximum absolute atomic E-state index is 12.3. The first kappa shape index (κ1) is 22.9. The highest BCUT2D eigenvalue weighted by Gasteiger charge is 2.27. The number of carbonyl (C=O) groups is 4. The van der Waals surface area contributed by atoms with E-state index in [2.05, 4.69) is 5.32 Å². The lowest BCUT2D eigenvalue weighted by Gasteiger charge is -2.07. The van der Waals surface area contributed by atoms with Gasteiger partial charge in [-0.3, -0.25) is 4.79 Å². The fourth-order valence-electron chi connectivity index (χ4n) is 2.33. The zero-order valence-electron chi connectivity index (χ0n) is 16.7. The van der Waals surface area contributed by atoms with Crippen molar-refractivity contribution in [2.24, 2.45) is 0 Å². The van der Waals surface area contributed by atoms with Gasteiger partial charge in [-0.05, 0) is 44.5 Å². The Balaban J connectivity index is 2.08. The highest BCUT2D eigenvalue weighted by Crippen LogP contribution is 2.34. The van der Waals surface area contributed by atoms with Gasteiger partial charge in [0.2, 0.25) is 0 Å². The molecule has 160 valence electrons. The van der Waals surface area contributed by atoms with Gasteiger partial charge in [0.15, 0.2) is 6.61 Å². The highest BCUT2D eigenvalue weighted by molar-refractivity contribution is 7.18. The second-order valence-corrected chi connectivity index (χ2v) is 6.73. The predicted octanol–water partition coefficient (Wildman–Crippen LogP) is 3.20. The molecule has 0 aromatic carbocycles. The first-order chi connectivity index (χ1) is 14.4. The number of carbonyl (C=O) groups excluding carboxylic acids is 4. The molecule has 0 aliphatic heterocycles. The summed E-state index contributed by atoms with van der Waals surface area (Å²) in [5.74, 6) is -2.27. The molecule has 30 heavy (non-hydrogen) atoms. The number of hydrogen-bond donors (Lipinski definition) is 1. The minimum atomic E-state index is -0.748. The van der Waals surface area contributed by atoms with E-state index >= 15 is 0 Å². The number of thiophene rings is 1. The first-order valence-electron chi connectivity index (χ1n) is 9.03. The highest BCUT2D eigenvalue weighted by atomic mass is 32.1. The van der Waals surface area contributed by atoms with Gasteiger partial charge < -0.3 is 23.9 Å². The summed E-state index contributed by atoms with van der Waals surface area (Å²) in [6.07, 6.45) is 3.96. The first-order valence-corrected chi connectivity index (χ1v) is 9.84. The van der Waals surface area contributed by atoms with Gasteiger partial charge in [0, 0.05) is 6.08 Å². The molecule has 1 N–H and O–H groups in total. The van der Waals surface area contributed by atoms with Crippen molar-refractivity contribution < 1.29 is 37.8 Å². The van der Waals surface area contributed by atoms with E-state index in [1.165, 1.54) is 12.3 Å². The lowest BCUT2D eigenvalue weighted by atomic mass is 10.1. The van der Waals surface area contributed by atoms with Crippen molar-refractivity contribution in [1.82, 2.24) is 0 Å². The molecule has 9 nitrogen and oxygen atoms in total. The number of esters is 3. The number of anilines is 1. The summed E-state index contributed by atoms with van der Waals surface area (Å²) in [6, 6.07) is 3.31.